The monoisotopic (exact) mass is 579 g/mol. The number of fused-ring (bicyclic) bond motifs is 3. The summed E-state index contributed by atoms with van der Waals surface area (Å²) in [5, 5.41) is 10.1. The summed E-state index contributed by atoms with van der Waals surface area (Å²) >= 11 is 0. The van der Waals surface area contributed by atoms with E-state index in [1.54, 1.807) is 18.2 Å². The van der Waals surface area contributed by atoms with Gasteiger partial charge in [0, 0.05) is 30.7 Å². The summed E-state index contributed by atoms with van der Waals surface area (Å²) < 4.78 is 12.0. The van der Waals surface area contributed by atoms with E-state index in [9.17, 15) is 19.2 Å². The number of carbonyl (C=O) groups is 4. The Labute approximate surface area is 246 Å². The lowest BCUT2D eigenvalue weighted by Crippen LogP contribution is -2.30. The molecular weight excluding hydrogens is 550 g/mol. The van der Waals surface area contributed by atoms with Crippen molar-refractivity contribution in [2.75, 3.05) is 13.2 Å². The average molecular weight is 580 g/mol. The average Bonchev–Trinajstić information content (AvgIpc) is 3.65. The molecule has 11 heteroatoms. The van der Waals surface area contributed by atoms with Crippen LogP contribution in [0.3, 0.4) is 0 Å². The van der Waals surface area contributed by atoms with E-state index in [4.69, 9.17) is 9.47 Å². The maximum atomic E-state index is 13.6. The highest BCUT2D eigenvalue weighted by molar-refractivity contribution is 5.98. The minimum Gasteiger partial charge on any atom is -0.486 e. The Kier molecular flexibility index (Phi) is 7.45. The predicted octanol–water partition coefficient (Wildman–Crippen LogP) is 3.23. The van der Waals surface area contributed by atoms with Gasteiger partial charge in [-0.1, -0.05) is 24.8 Å². The van der Waals surface area contributed by atoms with Crippen molar-refractivity contribution in [2.45, 2.75) is 38.8 Å². The van der Waals surface area contributed by atoms with Crippen molar-refractivity contribution in [3.05, 3.63) is 106 Å². The summed E-state index contributed by atoms with van der Waals surface area (Å²) in [4.78, 5) is 55.3. The van der Waals surface area contributed by atoms with Crippen LogP contribution in [0.1, 0.15) is 71.6 Å². The third-order valence-corrected chi connectivity index (χ3v) is 7.73. The van der Waals surface area contributed by atoms with Crippen LogP contribution < -0.4 is 15.4 Å². The molecule has 2 N–H and O–H groups in total. The normalized spacial score (nSPS) is 15.3. The number of hydrogen-bond acceptors (Lipinski definition) is 8. The number of hydrogen-bond donors (Lipinski definition) is 2. The fourth-order valence-corrected chi connectivity index (χ4v) is 5.60. The molecule has 2 aromatic heterocycles. The molecular formula is C32H29N5O6. The van der Waals surface area contributed by atoms with Gasteiger partial charge in [0.1, 0.15) is 30.4 Å². The molecule has 11 nitrogen and oxygen atoms in total. The van der Waals surface area contributed by atoms with E-state index in [1.807, 2.05) is 25.1 Å². The fraction of sp³-hybridized carbons (Fsp3) is 0.250. The minimum atomic E-state index is -0.458. The van der Waals surface area contributed by atoms with Gasteiger partial charge in [-0.3, -0.25) is 14.4 Å². The van der Waals surface area contributed by atoms with Gasteiger partial charge in [-0.25, -0.2) is 14.3 Å². The largest absolute Gasteiger partial charge is 0.486 e. The number of amides is 2. The zero-order chi connectivity index (χ0) is 30.1. The van der Waals surface area contributed by atoms with Crippen LogP contribution >= 0.6 is 0 Å². The molecule has 3 heterocycles. The highest BCUT2D eigenvalue weighted by atomic mass is 16.5. The molecule has 0 radical (unpaired) electrons. The van der Waals surface area contributed by atoms with E-state index in [0.717, 1.165) is 27.8 Å². The maximum absolute atomic E-state index is 13.6. The van der Waals surface area contributed by atoms with Crippen LogP contribution in [-0.2, 0) is 28.9 Å². The molecule has 0 fully saturated rings. The molecule has 2 aliphatic rings. The van der Waals surface area contributed by atoms with Crippen LogP contribution in [0.2, 0.25) is 0 Å². The molecule has 2 amide bonds. The lowest BCUT2D eigenvalue weighted by molar-refractivity contribution is -0.121. The summed E-state index contributed by atoms with van der Waals surface area (Å²) in [6, 6.07) is 11.8. The van der Waals surface area contributed by atoms with Crippen molar-refractivity contribution in [2.24, 2.45) is 0 Å². The van der Waals surface area contributed by atoms with Crippen molar-refractivity contribution in [3.8, 4) is 5.75 Å². The Morgan fingerprint density at radius 1 is 1.16 bits per heavy atom. The minimum absolute atomic E-state index is 0.00253. The smallest absolute Gasteiger partial charge is 0.338 e. The first-order chi connectivity index (χ1) is 20.8. The Morgan fingerprint density at radius 2 is 2.02 bits per heavy atom. The van der Waals surface area contributed by atoms with Crippen molar-refractivity contribution in [1.82, 2.24) is 25.2 Å². The quantitative estimate of drug-likeness (QED) is 0.240. The van der Waals surface area contributed by atoms with Crippen LogP contribution in [0, 0.1) is 6.92 Å². The zero-order valence-electron chi connectivity index (χ0n) is 23.5. The summed E-state index contributed by atoms with van der Waals surface area (Å²) in [7, 11) is 0. The van der Waals surface area contributed by atoms with Crippen molar-refractivity contribution in [3.63, 3.8) is 0 Å². The molecule has 4 aromatic rings. The van der Waals surface area contributed by atoms with E-state index in [2.05, 4.69) is 27.3 Å². The summed E-state index contributed by atoms with van der Waals surface area (Å²) in [5.41, 5.74) is 5.45. The van der Waals surface area contributed by atoms with Crippen LogP contribution in [0.25, 0.3) is 5.65 Å². The lowest BCUT2D eigenvalue weighted by atomic mass is 9.98. The number of ketones is 1. The van der Waals surface area contributed by atoms with E-state index in [-0.39, 0.29) is 43.0 Å². The number of nitrogens with one attached hydrogen (secondary N) is 2. The van der Waals surface area contributed by atoms with Gasteiger partial charge in [-0.15, -0.1) is 0 Å². The van der Waals surface area contributed by atoms with E-state index < -0.39 is 17.8 Å². The molecule has 1 aliphatic heterocycles. The summed E-state index contributed by atoms with van der Waals surface area (Å²) in [6.45, 7) is 5.86. The molecule has 0 spiro atoms. The van der Waals surface area contributed by atoms with Gasteiger partial charge in [0.25, 0.3) is 11.8 Å². The first-order valence-electron chi connectivity index (χ1n) is 13.9. The van der Waals surface area contributed by atoms with Gasteiger partial charge in [0.2, 0.25) is 0 Å². The molecule has 218 valence electrons. The third kappa shape index (κ3) is 5.49. The number of rotatable bonds is 8. The molecule has 1 aliphatic carbocycles. The van der Waals surface area contributed by atoms with Crippen molar-refractivity contribution in [1.29, 1.82) is 0 Å². The van der Waals surface area contributed by atoms with Gasteiger partial charge in [-0.05, 0) is 60.2 Å². The van der Waals surface area contributed by atoms with Gasteiger partial charge < -0.3 is 20.1 Å². The molecule has 0 saturated heterocycles. The molecule has 2 aromatic carbocycles. The maximum Gasteiger partial charge on any atom is 0.338 e. The number of aromatic nitrogens is 3. The number of Topliss-reactive ketones (excluding diaryl/α,β-unsaturated/α-hetero) is 1. The Balaban J connectivity index is 1.18. The van der Waals surface area contributed by atoms with Gasteiger partial charge >= 0.3 is 5.97 Å². The predicted molar refractivity (Wildman–Crippen MR) is 155 cm³/mol. The summed E-state index contributed by atoms with van der Waals surface area (Å²) in [5.74, 6) is -0.602. The van der Waals surface area contributed by atoms with E-state index in [0.29, 0.717) is 36.2 Å². The summed E-state index contributed by atoms with van der Waals surface area (Å²) in [6.07, 6.45) is 4.68. The molecule has 43 heavy (non-hydrogen) atoms. The topological polar surface area (TPSA) is 141 Å². The van der Waals surface area contributed by atoms with E-state index >= 15 is 0 Å². The number of carbonyl (C=O) groups excluding carboxylic acids is 4. The number of benzene rings is 2. The standard InChI is InChI=1S/C32H29N5O6/c1-3-12-42-32(41)23-5-6-24-22(18(23)2)7-8-25(24)36-31(40)27-15-26(35-29-10-11-34-37(27)29)30(39)33-16-19-4-9-28-20(13-19)14-21(38)17-43-28/h3-6,9-11,13,15,25H,1,7-8,12,14,16-17H2,2H3,(H,33,39)(H,36,40)/t25-/m0/s1. The third-order valence-electron chi connectivity index (χ3n) is 7.73. The molecule has 0 bridgehead atoms. The Hall–Kier alpha value is -5.32. The van der Waals surface area contributed by atoms with Crippen LogP contribution in [0.5, 0.6) is 5.75 Å². The first-order valence-corrected chi connectivity index (χ1v) is 13.9. The number of nitrogens with zero attached hydrogens (tertiary/aromatic N) is 3. The molecule has 1 atom stereocenters. The van der Waals surface area contributed by atoms with Gasteiger partial charge in [-0.2, -0.15) is 5.10 Å². The number of ether oxygens (including phenoxy) is 2. The number of esters is 1. The van der Waals surface area contributed by atoms with Crippen molar-refractivity contribution < 1.29 is 28.7 Å². The van der Waals surface area contributed by atoms with E-state index in [1.165, 1.54) is 22.9 Å². The molecule has 6 rings (SSSR count). The SMILES string of the molecule is C=CCOC(=O)c1ccc2c(c1C)CC[C@@H]2NC(=O)c1cc(C(=O)NCc2ccc3c(c2)CC(=O)CO3)nc2ccnn12. The molecule has 0 saturated carbocycles. The lowest BCUT2D eigenvalue weighted by Gasteiger charge is -2.17. The second-order valence-corrected chi connectivity index (χ2v) is 10.5. The Bertz CT molecular complexity index is 1810. The van der Waals surface area contributed by atoms with Gasteiger partial charge in [0.15, 0.2) is 11.4 Å². The fourth-order valence-electron chi connectivity index (χ4n) is 5.60. The van der Waals surface area contributed by atoms with Gasteiger partial charge in [0.05, 0.1) is 17.8 Å². The van der Waals surface area contributed by atoms with Crippen molar-refractivity contribution >= 4 is 29.2 Å². The first kappa shape index (κ1) is 27.8. The molecule has 0 unspecified atom stereocenters. The Morgan fingerprint density at radius 3 is 2.86 bits per heavy atom. The van der Waals surface area contributed by atoms with Crippen LogP contribution in [0.4, 0.5) is 0 Å². The second kappa shape index (κ2) is 11.5. The second-order valence-electron chi connectivity index (χ2n) is 10.5. The van der Waals surface area contributed by atoms with Crippen LogP contribution in [-0.4, -0.2) is 51.4 Å². The zero-order valence-corrected chi connectivity index (χ0v) is 23.5. The van der Waals surface area contributed by atoms with Crippen LogP contribution in [0.15, 0.2) is 61.3 Å². The highest BCUT2D eigenvalue weighted by Crippen LogP contribution is 2.35. The highest BCUT2D eigenvalue weighted by Gasteiger charge is 2.29.